The molecule has 0 atom stereocenters. The number of rotatable bonds is 3. The molecule has 0 aliphatic carbocycles. The van der Waals surface area contributed by atoms with Gasteiger partial charge in [0.1, 0.15) is 11.7 Å². The van der Waals surface area contributed by atoms with Gasteiger partial charge in [-0.05, 0) is 0 Å². The highest BCUT2D eigenvalue weighted by Gasteiger charge is 2.26. The second-order valence-corrected chi connectivity index (χ2v) is 6.02. The summed E-state index contributed by atoms with van der Waals surface area (Å²) < 4.78 is 0. The molecule has 0 fully saturated rings. The van der Waals surface area contributed by atoms with Gasteiger partial charge in [-0.1, -0.05) is 30.3 Å². The smallest absolute Gasteiger partial charge is 0.237 e. The molecule has 1 aliphatic heterocycles. The van der Waals surface area contributed by atoms with Crippen LogP contribution in [-0.4, -0.2) is 47.3 Å². The highest BCUT2D eigenvalue weighted by molar-refractivity contribution is 6.27. The number of carbonyl (C=O) groups excluding carboxylic acids is 1. The van der Waals surface area contributed by atoms with Crippen LogP contribution < -0.4 is 4.90 Å². The number of benzene rings is 1. The van der Waals surface area contributed by atoms with Crippen LogP contribution in [0.5, 0.6) is 0 Å². The van der Waals surface area contributed by atoms with Crippen LogP contribution in [0.3, 0.4) is 0 Å². The summed E-state index contributed by atoms with van der Waals surface area (Å²) in [6.07, 6.45) is 0.723. The van der Waals surface area contributed by atoms with Crippen LogP contribution in [0.15, 0.2) is 30.3 Å². The van der Waals surface area contributed by atoms with Crippen molar-refractivity contribution in [2.45, 2.75) is 13.0 Å². The summed E-state index contributed by atoms with van der Waals surface area (Å²) >= 11 is 5.69. The molecule has 1 amide bonds. The first kappa shape index (κ1) is 15.7. The van der Waals surface area contributed by atoms with Gasteiger partial charge in [0.2, 0.25) is 5.91 Å². The third-order valence-electron chi connectivity index (χ3n) is 3.96. The number of alkyl halides is 1. The van der Waals surface area contributed by atoms with Gasteiger partial charge in [-0.2, -0.15) is 0 Å². The monoisotopic (exact) mass is 330 g/mol. The number of hydrogen-bond acceptors (Lipinski definition) is 4. The first-order valence-corrected chi connectivity index (χ1v) is 8.10. The van der Waals surface area contributed by atoms with E-state index in [4.69, 9.17) is 21.6 Å². The van der Waals surface area contributed by atoms with Gasteiger partial charge in [-0.15, -0.1) is 11.6 Å². The maximum absolute atomic E-state index is 11.9. The minimum atomic E-state index is -0.0471. The molecule has 1 aliphatic rings. The highest BCUT2D eigenvalue weighted by atomic mass is 35.5. The highest BCUT2D eigenvalue weighted by Crippen LogP contribution is 2.28. The second-order valence-electron chi connectivity index (χ2n) is 5.76. The summed E-state index contributed by atoms with van der Waals surface area (Å²) in [5.74, 6) is 1.55. The number of carbonyl (C=O) groups is 1. The molecule has 23 heavy (non-hydrogen) atoms. The fourth-order valence-corrected chi connectivity index (χ4v) is 2.95. The number of amides is 1. The van der Waals surface area contributed by atoms with Gasteiger partial charge in [0.05, 0.1) is 12.2 Å². The van der Waals surface area contributed by atoms with Crippen LogP contribution in [0.1, 0.15) is 11.3 Å². The van der Waals surface area contributed by atoms with Gasteiger partial charge in [0, 0.05) is 38.2 Å². The molecule has 3 rings (SSSR count). The van der Waals surface area contributed by atoms with Gasteiger partial charge >= 0.3 is 0 Å². The second kappa shape index (κ2) is 6.54. The first-order valence-electron chi connectivity index (χ1n) is 7.56. The van der Waals surface area contributed by atoms with Crippen molar-refractivity contribution in [1.82, 2.24) is 14.9 Å². The zero-order chi connectivity index (χ0) is 16.4. The van der Waals surface area contributed by atoms with E-state index in [-0.39, 0.29) is 11.8 Å². The average molecular weight is 331 g/mol. The summed E-state index contributed by atoms with van der Waals surface area (Å²) in [4.78, 5) is 25.1. The van der Waals surface area contributed by atoms with Gasteiger partial charge in [0.25, 0.3) is 0 Å². The van der Waals surface area contributed by atoms with E-state index in [0.29, 0.717) is 13.1 Å². The van der Waals surface area contributed by atoms with E-state index in [1.807, 2.05) is 49.3 Å². The van der Waals surface area contributed by atoms with Crippen LogP contribution in [0, 0.1) is 0 Å². The molecule has 0 saturated heterocycles. The molecule has 0 unspecified atom stereocenters. The molecule has 120 valence electrons. The largest absolute Gasteiger partial charge is 0.362 e. The van der Waals surface area contributed by atoms with E-state index in [0.717, 1.165) is 34.9 Å². The Balaban J connectivity index is 2.04. The maximum Gasteiger partial charge on any atom is 0.237 e. The van der Waals surface area contributed by atoms with Crippen molar-refractivity contribution in [3.05, 3.63) is 41.6 Å². The van der Waals surface area contributed by atoms with E-state index in [2.05, 4.69) is 0 Å². The third-order valence-corrected chi connectivity index (χ3v) is 4.19. The van der Waals surface area contributed by atoms with Crippen molar-refractivity contribution in [2.24, 2.45) is 0 Å². The molecule has 1 aromatic heterocycles. The first-order chi connectivity index (χ1) is 11.1. The normalized spacial score (nSPS) is 13.6. The Labute approximate surface area is 140 Å². The quantitative estimate of drug-likeness (QED) is 0.810. The Morgan fingerprint density at radius 3 is 2.65 bits per heavy atom. The molecular weight excluding hydrogens is 312 g/mol. The predicted molar refractivity (Wildman–Crippen MR) is 91.6 cm³/mol. The summed E-state index contributed by atoms with van der Waals surface area (Å²) in [6.45, 7) is 1.17. The number of nitrogens with zero attached hydrogens (tertiary/aromatic N) is 4. The molecular formula is C17H19ClN4O. The van der Waals surface area contributed by atoms with Gasteiger partial charge in [-0.25, -0.2) is 9.97 Å². The number of hydrogen-bond donors (Lipinski definition) is 0. The number of anilines is 1. The van der Waals surface area contributed by atoms with E-state index >= 15 is 0 Å². The molecule has 6 heteroatoms. The number of fused-ring (bicyclic) bond motifs is 1. The Kier molecular flexibility index (Phi) is 4.48. The maximum atomic E-state index is 11.9. The topological polar surface area (TPSA) is 49.3 Å². The van der Waals surface area contributed by atoms with Crippen molar-refractivity contribution in [1.29, 1.82) is 0 Å². The van der Waals surface area contributed by atoms with Crippen molar-refractivity contribution >= 4 is 23.3 Å². The van der Waals surface area contributed by atoms with E-state index < -0.39 is 0 Å². The standard InChI is InChI=1S/C17H19ClN4O/c1-21(2)17-13-11-22(15(23)10-18)9-8-14(13)19-16(20-17)12-6-4-3-5-7-12/h3-7H,8-11H2,1-2H3. The summed E-state index contributed by atoms with van der Waals surface area (Å²) in [6, 6.07) is 9.95. The fourth-order valence-electron chi connectivity index (χ4n) is 2.78. The lowest BCUT2D eigenvalue weighted by Gasteiger charge is -2.30. The lowest BCUT2D eigenvalue weighted by Crippen LogP contribution is -2.38. The van der Waals surface area contributed by atoms with Crippen molar-refractivity contribution in [3.63, 3.8) is 0 Å². The molecule has 0 bridgehead atoms. The summed E-state index contributed by atoms with van der Waals surface area (Å²) in [7, 11) is 3.92. The van der Waals surface area contributed by atoms with Crippen LogP contribution in [0.4, 0.5) is 5.82 Å². The average Bonchev–Trinajstić information content (AvgIpc) is 2.60. The number of halogens is 1. The molecule has 0 radical (unpaired) electrons. The minimum Gasteiger partial charge on any atom is -0.362 e. The minimum absolute atomic E-state index is 0.00951. The van der Waals surface area contributed by atoms with Crippen LogP contribution in [-0.2, 0) is 17.8 Å². The molecule has 5 nitrogen and oxygen atoms in total. The molecule has 1 aromatic carbocycles. The SMILES string of the molecule is CN(C)c1nc(-c2ccccc2)nc2c1CN(C(=O)CCl)CC2. The predicted octanol–water partition coefficient (Wildman–Crippen LogP) is 2.33. The molecule has 0 spiro atoms. The van der Waals surface area contributed by atoms with Crippen LogP contribution in [0.2, 0.25) is 0 Å². The Bertz CT molecular complexity index is 718. The van der Waals surface area contributed by atoms with Gasteiger partial charge in [-0.3, -0.25) is 4.79 Å². The Morgan fingerprint density at radius 1 is 1.26 bits per heavy atom. The zero-order valence-electron chi connectivity index (χ0n) is 13.3. The number of aromatic nitrogens is 2. The third kappa shape index (κ3) is 3.15. The van der Waals surface area contributed by atoms with E-state index in [1.165, 1.54) is 0 Å². The lowest BCUT2D eigenvalue weighted by atomic mass is 10.0. The molecule has 2 heterocycles. The van der Waals surface area contributed by atoms with Crippen molar-refractivity contribution < 1.29 is 4.79 Å². The van der Waals surface area contributed by atoms with Gasteiger partial charge in [0.15, 0.2) is 5.82 Å². The summed E-state index contributed by atoms with van der Waals surface area (Å²) in [5.41, 5.74) is 3.03. The summed E-state index contributed by atoms with van der Waals surface area (Å²) in [5, 5.41) is 0. The van der Waals surface area contributed by atoms with Crippen LogP contribution >= 0.6 is 11.6 Å². The fraction of sp³-hybridized carbons (Fsp3) is 0.353. The Hall–Kier alpha value is -2.14. The zero-order valence-corrected chi connectivity index (χ0v) is 14.0. The molecule has 0 N–H and O–H groups in total. The lowest BCUT2D eigenvalue weighted by molar-refractivity contribution is -0.129. The van der Waals surface area contributed by atoms with Crippen molar-refractivity contribution in [3.8, 4) is 11.4 Å². The van der Waals surface area contributed by atoms with Gasteiger partial charge < -0.3 is 9.80 Å². The van der Waals surface area contributed by atoms with E-state index in [9.17, 15) is 4.79 Å². The van der Waals surface area contributed by atoms with Crippen LogP contribution in [0.25, 0.3) is 11.4 Å². The van der Waals surface area contributed by atoms with E-state index in [1.54, 1.807) is 4.90 Å². The molecule has 2 aromatic rings. The molecule has 0 saturated carbocycles. The van der Waals surface area contributed by atoms with Crippen molar-refractivity contribution in [2.75, 3.05) is 31.4 Å². The Morgan fingerprint density at radius 2 is 2.00 bits per heavy atom.